The zero-order valence-corrected chi connectivity index (χ0v) is 18.2. The highest BCUT2D eigenvalue weighted by molar-refractivity contribution is 7.91. The van der Waals surface area contributed by atoms with Gasteiger partial charge in [0.2, 0.25) is 5.91 Å². The number of ether oxygens (including phenoxy) is 2. The van der Waals surface area contributed by atoms with Gasteiger partial charge in [-0.2, -0.15) is 0 Å². The summed E-state index contributed by atoms with van der Waals surface area (Å²) in [7, 11) is -3.68. The van der Waals surface area contributed by atoms with Crippen LogP contribution in [0.25, 0.3) is 11.3 Å². The topological polar surface area (TPSA) is 94.6 Å². The van der Waals surface area contributed by atoms with Crippen molar-refractivity contribution in [2.45, 2.75) is 18.2 Å². The first kappa shape index (κ1) is 21.3. The van der Waals surface area contributed by atoms with Gasteiger partial charge >= 0.3 is 0 Å². The Morgan fingerprint density at radius 2 is 1.84 bits per heavy atom. The molecule has 0 atom stereocenters. The van der Waals surface area contributed by atoms with Crippen LogP contribution >= 0.6 is 11.3 Å². The lowest BCUT2D eigenvalue weighted by Crippen LogP contribution is -2.18. The fourth-order valence-corrected chi connectivity index (χ4v) is 5.17. The summed E-state index contributed by atoms with van der Waals surface area (Å²) in [5.41, 5.74) is 1.38. The molecule has 0 aliphatic carbocycles. The predicted octanol–water partition coefficient (Wildman–Crippen LogP) is 3.83. The summed E-state index contributed by atoms with van der Waals surface area (Å²) in [5.74, 6) is -0.277. The number of nitrogens with zero attached hydrogens (tertiary/aromatic N) is 1. The number of benzene rings is 2. The van der Waals surface area contributed by atoms with Crippen molar-refractivity contribution < 1.29 is 27.1 Å². The van der Waals surface area contributed by atoms with Crippen LogP contribution in [0.15, 0.2) is 47.4 Å². The molecular formula is C21H19FN2O5S2. The van der Waals surface area contributed by atoms with Crippen molar-refractivity contribution in [2.75, 3.05) is 24.3 Å². The maximum atomic E-state index is 13.1. The molecular weight excluding hydrogens is 443 g/mol. The van der Waals surface area contributed by atoms with Crippen LogP contribution in [0.5, 0.6) is 11.5 Å². The Hall–Kier alpha value is -2.98. The van der Waals surface area contributed by atoms with Gasteiger partial charge in [0.25, 0.3) is 0 Å². The summed E-state index contributed by atoms with van der Waals surface area (Å²) in [4.78, 5) is 17.6. The molecule has 7 nitrogen and oxygen atoms in total. The van der Waals surface area contributed by atoms with E-state index in [0.717, 1.165) is 10.4 Å². The Labute approximate surface area is 182 Å². The zero-order chi connectivity index (χ0) is 22.0. The van der Waals surface area contributed by atoms with Gasteiger partial charge in [-0.25, -0.2) is 17.8 Å². The van der Waals surface area contributed by atoms with Gasteiger partial charge in [0.1, 0.15) is 19.0 Å². The van der Waals surface area contributed by atoms with Crippen molar-refractivity contribution >= 4 is 32.2 Å². The van der Waals surface area contributed by atoms with Crippen molar-refractivity contribution in [3.05, 3.63) is 53.2 Å². The lowest BCUT2D eigenvalue weighted by Gasteiger charge is -2.18. The van der Waals surface area contributed by atoms with E-state index in [1.807, 2.05) is 6.92 Å². The lowest BCUT2D eigenvalue weighted by molar-refractivity contribution is -0.115. The SMILES string of the molecule is Cc1sc(NC(=O)CCS(=O)(=O)c2ccc3c(c2)OCCO3)nc1-c1ccc(F)cc1. The van der Waals surface area contributed by atoms with Crippen LogP contribution in [0.1, 0.15) is 11.3 Å². The van der Waals surface area contributed by atoms with Crippen LogP contribution in [0.2, 0.25) is 0 Å². The predicted molar refractivity (Wildman–Crippen MR) is 115 cm³/mol. The van der Waals surface area contributed by atoms with Gasteiger partial charge in [-0.05, 0) is 43.3 Å². The number of anilines is 1. The van der Waals surface area contributed by atoms with Crippen LogP contribution in [0.3, 0.4) is 0 Å². The van der Waals surface area contributed by atoms with Crippen LogP contribution in [0, 0.1) is 12.7 Å². The van der Waals surface area contributed by atoms with E-state index < -0.39 is 15.7 Å². The maximum Gasteiger partial charge on any atom is 0.227 e. The third-order valence-corrected chi connectivity index (χ3v) is 7.23. The van der Waals surface area contributed by atoms with Crippen LogP contribution in [-0.4, -0.2) is 38.3 Å². The van der Waals surface area contributed by atoms with Crippen LogP contribution in [-0.2, 0) is 14.6 Å². The van der Waals surface area contributed by atoms with E-state index >= 15 is 0 Å². The summed E-state index contributed by atoms with van der Waals surface area (Å²) >= 11 is 1.27. The second-order valence-corrected chi connectivity index (χ2v) is 10.2. The molecule has 0 radical (unpaired) electrons. The smallest absolute Gasteiger partial charge is 0.227 e. The van der Waals surface area contributed by atoms with Crippen LogP contribution in [0.4, 0.5) is 9.52 Å². The molecule has 4 rings (SSSR count). The summed E-state index contributed by atoms with van der Waals surface area (Å²) in [6, 6.07) is 10.3. The van der Waals surface area contributed by atoms with Crippen molar-refractivity contribution in [1.29, 1.82) is 0 Å². The van der Waals surface area contributed by atoms with Gasteiger partial charge in [0.15, 0.2) is 26.5 Å². The van der Waals surface area contributed by atoms with Gasteiger partial charge in [-0.15, -0.1) is 11.3 Å². The molecule has 2 heterocycles. The molecule has 0 saturated heterocycles. The third kappa shape index (κ3) is 4.86. The number of thiazole rings is 1. The molecule has 0 unspecified atom stereocenters. The standard InChI is InChI=1S/C21H19FN2O5S2/c1-13-20(14-2-4-15(22)5-3-14)24-21(30-13)23-19(25)8-11-31(26,27)16-6-7-17-18(12-16)29-10-9-28-17/h2-7,12H,8-11H2,1H3,(H,23,24,25). The molecule has 1 amide bonds. The minimum Gasteiger partial charge on any atom is -0.486 e. The fraction of sp³-hybridized carbons (Fsp3) is 0.238. The Kier molecular flexibility index (Phi) is 5.92. The average molecular weight is 463 g/mol. The molecule has 0 spiro atoms. The van der Waals surface area contributed by atoms with E-state index in [-0.39, 0.29) is 22.9 Å². The van der Waals surface area contributed by atoms with Gasteiger partial charge < -0.3 is 14.8 Å². The Balaban J connectivity index is 1.40. The van der Waals surface area contributed by atoms with Crippen LogP contribution < -0.4 is 14.8 Å². The fourth-order valence-electron chi connectivity index (χ4n) is 3.07. The first-order valence-electron chi connectivity index (χ1n) is 9.47. The minimum absolute atomic E-state index is 0.0771. The molecule has 10 heteroatoms. The normalized spacial score (nSPS) is 13.1. The number of nitrogens with one attached hydrogen (secondary N) is 1. The van der Waals surface area contributed by atoms with Crippen molar-refractivity contribution in [3.63, 3.8) is 0 Å². The number of aryl methyl sites for hydroxylation is 1. The summed E-state index contributed by atoms with van der Waals surface area (Å²) in [5, 5.41) is 3.00. The molecule has 0 bridgehead atoms. The maximum absolute atomic E-state index is 13.1. The second-order valence-electron chi connectivity index (χ2n) is 6.85. The number of sulfone groups is 1. The number of hydrogen-bond donors (Lipinski definition) is 1. The number of hydrogen-bond acceptors (Lipinski definition) is 7. The number of fused-ring (bicyclic) bond motifs is 1. The number of carbonyl (C=O) groups is 1. The van der Waals surface area contributed by atoms with Gasteiger partial charge in [0.05, 0.1) is 16.3 Å². The number of amides is 1. The van der Waals surface area contributed by atoms with Crippen molar-refractivity contribution in [2.24, 2.45) is 0 Å². The zero-order valence-electron chi connectivity index (χ0n) is 16.6. The number of halogens is 1. The minimum atomic E-state index is -3.68. The summed E-state index contributed by atoms with van der Waals surface area (Å²) in [6.45, 7) is 2.61. The Bertz CT molecular complexity index is 1220. The first-order valence-corrected chi connectivity index (χ1v) is 11.9. The summed E-state index contributed by atoms with van der Waals surface area (Å²) < 4.78 is 49.2. The van der Waals surface area contributed by atoms with E-state index in [1.165, 1.54) is 35.6 Å². The monoisotopic (exact) mass is 462 g/mol. The van der Waals surface area contributed by atoms with E-state index in [9.17, 15) is 17.6 Å². The summed E-state index contributed by atoms with van der Waals surface area (Å²) in [6.07, 6.45) is -0.221. The van der Waals surface area contributed by atoms with Crippen molar-refractivity contribution in [3.8, 4) is 22.8 Å². The number of aromatic nitrogens is 1. The van der Waals surface area contributed by atoms with Crippen molar-refractivity contribution in [1.82, 2.24) is 4.98 Å². The highest BCUT2D eigenvalue weighted by Crippen LogP contribution is 2.33. The Morgan fingerprint density at radius 1 is 1.13 bits per heavy atom. The van der Waals surface area contributed by atoms with E-state index in [1.54, 1.807) is 18.2 Å². The van der Waals surface area contributed by atoms with E-state index in [4.69, 9.17) is 9.47 Å². The quantitative estimate of drug-likeness (QED) is 0.598. The Morgan fingerprint density at radius 3 is 2.58 bits per heavy atom. The van der Waals surface area contributed by atoms with Gasteiger partial charge in [0, 0.05) is 22.9 Å². The average Bonchev–Trinajstić information content (AvgIpc) is 3.12. The molecule has 31 heavy (non-hydrogen) atoms. The van der Waals surface area contributed by atoms with E-state index in [2.05, 4.69) is 10.3 Å². The number of carbonyl (C=O) groups excluding carboxylic acids is 1. The third-order valence-electron chi connectivity index (χ3n) is 4.63. The molecule has 0 fully saturated rings. The number of rotatable bonds is 6. The molecule has 0 saturated carbocycles. The largest absolute Gasteiger partial charge is 0.486 e. The van der Waals surface area contributed by atoms with E-state index in [0.29, 0.717) is 35.5 Å². The van der Waals surface area contributed by atoms with Gasteiger partial charge in [-0.3, -0.25) is 4.79 Å². The molecule has 2 aromatic carbocycles. The first-order chi connectivity index (χ1) is 14.8. The lowest BCUT2D eigenvalue weighted by atomic mass is 10.1. The molecule has 1 aliphatic rings. The molecule has 3 aromatic rings. The molecule has 1 aliphatic heterocycles. The molecule has 1 N–H and O–H groups in total. The second kappa shape index (κ2) is 8.64. The molecule has 1 aromatic heterocycles. The van der Waals surface area contributed by atoms with Gasteiger partial charge in [-0.1, -0.05) is 0 Å². The highest BCUT2D eigenvalue weighted by atomic mass is 32.2. The highest BCUT2D eigenvalue weighted by Gasteiger charge is 2.21. The molecule has 162 valence electrons.